The van der Waals surface area contributed by atoms with E-state index < -0.39 is 0 Å². The summed E-state index contributed by atoms with van der Waals surface area (Å²) in [6.07, 6.45) is 1.13. The maximum atomic E-state index is 13.1. The molecule has 0 radical (unpaired) electrons. The minimum absolute atomic E-state index is 0.286. The van der Waals surface area contributed by atoms with Gasteiger partial charge in [0.2, 0.25) is 5.91 Å². The average molecular weight is 290 g/mol. The smallest absolute Gasteiger partial charge is 0.249 e. The second kappa shape index (κ2) is 4.13. The van der Waals surface area contributed by atoms with Gasteiger partial charge in [-0.1, -0.05) is 48.5 Å². The van der Waals surface area contributed by atoms with Crippen LogP contribution in [0, 0.1) is 5.92 Å². The summed E-state index contributed by atoms with van der Waals surface area (Å²) in [6.45, 7) is 1.61. The third-order valence-corrected chi connectivity index (χ3v) is 5.69. The number of carbonyl (C=O) groups excluding carboxylic acids is 1. The van der Waals surface area contributed by atoms with Crippen LogP contribution in [-0.4, -0.2) is 22.9 Å². The number of para-hydroxylation sites is 1. The topological polar surface area (TPSA) is 32.3 Å². The van der Waals surface area contributed by atoms with Crippen molar-refractivity contribution in [3.63, 3.8) is 0 Å². The van der Waals surface area contributed by atoms with Gasteiger partial charge in [-0.25, -0.2) is 0 Å². The van der Waals surface area contributed by atoms with E-state index >= 15 is 0 Å². The molecule has 22 heavy (non-hydrogen) atoms. The van der Waals surface area contributed by atoms with Crippen molar-refractivity contribution in [2.75, 3.05) is 11.9 Å². The Labute approximate surface area is 129 Å². The van der Waals surface area contributed by atoms with Crippen LogP contribution in [0.25, 0.3) is 0 Å². The first kappa shape index (κ1) is 12.3. The summed E-state index contributed by atoms with van der Waals surface area (Å²) in [5.41, 5.74) is 3.34. The van der Waals surface area contributed by atoms with Crippen molar-refractivity contribution in [1.82, 2.24) is 4.90 Å². The fraction of sp³-hybridized carbons (Fsp3) is 0.316. The molecule has 0 aromatic heterocycles. The molecule has 3 heteroatoms. The van der Waals surface area contributed by atoms with Gasteiger partial charge in [0, 0.05) is 30.6 Å². The minimum atomic E-state index is -0.349. The molecule has 0 unspecified atom stereocenters. The first-order valence-corrected chi connectivity index (χ1v) is 7.99. The van der Waals surface area contributed by atoms with Crippen LogP contribution in [0.3, 0.4) is 0 Å². The molecular weight excluding hydrogens is 272 g/mol. The zero-order chi connectivity index (χ0) is 14.7. The third kappa shape index (κ3) is 1.39. The molecule has 1 saturated heterocycles. The van der Waals surface area contributed by atoms with E-state index in [-0.39, 0.29) is 11.4 Å². The fourth-order valence-electron chi connectivity index (χ4n) is 4.63. The van der Waals surface area contributed by atoms with Crippen LogP contribution < -0.4 is 5.32 Å². The van der Waals surface area contributed by atoms with Gasteiger partial charge >= 0.3 is 0 Å². The van der Waals surface area contributed by atoms with Crippen molar-refractivity contribution in [2.45, 2.75) is 24.4 Å². The maximum Gasteiger partial charge on any atom is 0.249 e. The van der Waals surface area contributed by atoms with Gasteiger partial charge in [-0.15, -0.1) is 0 Å². The normalized spacial score (nSPS) is 31.1. The zero-order valence-corrected chi connectivity index (χ0v) is 12.3. The molecule has 2 fully saturated rings. The maximum absolute atomic E-state index is 13.1. The molecular formula is C19H18N2O. The highest BCUT2D eigenvalue weighted by molar-refractivity contribution is 5.98. The molecule has 5 rings (SSSR count). The van der Waals surface area contributed by atoms with Gasteiger partial charge in [0.05, 0.1) is 0 Å². The molecule has 1 aliphatic carbocycles. The van der Waals surface area contributed by atoms with Gasteiger partial charge in [0.1, 0.15) is 5.54 Å². The Kier molecular flexibility index (Phi) is 2.30. The molecule has 1 saturated carbocycles. The molecule has 0 bridgehead atoms. The van der Waals surface area contributed by atoms with Gasteiger partial charge in [-0.05, 0) is 23.6 Å². The third-order valence-electron chi connectivity index (χ3n) is 5.69. The Bertz CT molecular complexity index is 757. The molecule has 1 amide bonds. The summed E-state index contributed by atoms with van der Waals surface area (Å²) >= 11 is 0. The van der Waals surface area contributed by atoms with Crippen molar-refractivity contribution in [1.29, 1.82) is 0 Å². The summed E-state index contributed by atoms with van der Waals surface area (Å²) in [7, 11) is 0. The number of benzene rings is 2. The van der Waals surface area contributed by atoms with E-state index in [2.05, 4.69) is 35.6 Å². The van der Waals surface area contributed by atoms with E-state index in [1.165, 1.54) is 11.1 Å². The number of anilines is 1. The molecule has 2 aromatic rings. The van der Waals surface area contributed by atoms with Crippen LogP contribution in [0.2, 0.25) is 0 Å². The monoisotopic (exact) mass is 290 g/mol. The molecule has 110 valence electrons. The molecule has 2 aromatic carbocycles. The highest BCUT2D eigenvalue weighted by atomic mass is 16.2. The molecule has 2 aliphatic heterocycles. The van der Waals surface area contributed by atoms with Crippen LogP contribution >= 0.6 is 0 Å². The average Bonchev–Trinajstić information content (AvgIpc) is 2.91. The molecule has 1 spiro atoms. The molecule has 3 nitrogen and oxygen atoms in total. The van der Waals surface area contributed by atoms with E-state index in [9.17, 15) is 4.79 Å². The highest BCUT2D eigenvalue weighted by Crippen LogP contribution is 2.62. The van der Waals surface area contributed by atoms with Crippen molar-refractivity contribution < 1.29 is 4.79 Å². The Morgan fingerprint density at radius 2 is 1.86 bits per heavy atom. The fourth-order valence-corrected chi connectivity index (χ4v) is 4.63. The number of amides is 1. The zero-order valence-electron chi connectivity index (χ0n) is 12.3. The van der Waals surface area contributed by atoms with Crippen LogP contribution in [-0.2, 0) is 11.3 Å². The first-order chi connectivity index (χ1) is 10.8. The summed E-state index contributed by atoms with van der Waals surface area (Å²) in [5, 5.41) is 3.58. The second-order valence-electron chi connectivity index (χ2n) is 6.74. The minimum Gasteiger partial charge on any atom is -0.370 e. The highest BCUT2D eigenvalue weighted by Gasteiger charge is 2.68. The number of nitrogens with one attached hydrogen (secondary N) is 1. The van der Waals surface area contributed by atoms with Crippen molar-refractivity contribution in [3.8, 4) is 0 Å². The number of likely N-dealkylation sites (tertiary alicyclic amines) is 1. The van der Waals surface area contributed by atoms with Crippen molar-refractivity contribution in [3.05, 3.63) is 65.7 Å². The predicted octanol–water partition coefficient (Wildman–Crippen LogP) is 3.00. The number of carbonyl (C=O) groups is 1. The number of hydrogen-bond donors (Lipinski definition) is 1. The van der Waals surface area contributed by atoms with E-state index in [0.29, 0.717) is 11.8 Å². The van der Waals surface area contributed by atoms with Gasteiger partial charge in [-0.3, -0.25) is 4.79 Å². The quantitative estimate of drug-likeness (QED) is 0.922. The lowest BCUT2D eigenvalue weighted by Gasteiger charge is -2.45. The lowest BCUT2D eigenvalue weighted by molar-refractivity contribution is -0.134. The lowest BCUT2D eigenvalue weighted by atomic mass is 9.60. The van der Waals surface area contributed by atoms with Crippen molar-refractivity contribution in [2.24, 2.45) is 5.92 Å². The van der Waals surface area contributed by atoms with Gasteiger partial charge in [-0.2, -0.15) is 0 Å². The van der Waals surface area contributed by atoms with Crippen molar-refractivity contribution >= 4 is 11.6 Å². The molecule has 3 atom stereocenters. The summed E-state index contributed by atoms with van der Waals surface area (Å²) in [6, 6.07) is 18.7. The summed E-state index contributed by atoms with van der Waals surface area (Å²) in [5.74, 6) is 1.09. The molecule has 2 heterocycles. The van der Waals surface area contributed by atoms with Crippen LogP contribution in [0.5, 0.6) is 0 Å². The lowest BCUT2D eigenvalue weighted by Crippen LogP contribution is -2.58. The number of fused-ring (bicyclic) bond motifs is 2. The van der Waals surface area contributed by atoms with E-state index in [1.54, 1.807) is 0 Å². The van der Waals surface area contributed by atoms with Gasteiger partial charge in [0.25, 0.3) is 0 Å². The van der Waals surface area contributed by atoms with E-state index in [0.717, 1.165) is 25.2 Å². The van der Waals surface area contributed by atoms with Crippen LogP contribution in [0.15, 0.2) is 54.6 Å². The predicted molar refractivity (Wildman–Crippen MR) is 85.5 cm³/mol. The summed E-state index contributed by atoms with van der Waals surface area (Å²) in [4.78, 5) is 15.1. The Morgan fingerprint density at radius 1 is 1.09 bits per heavy atom. The Morgan fingerprint density at radius 3 is 2.73 bits per heavy atom. The standard InChI is InChI=1S/C19H18N2O/c22-18-19-14(12-21(18)11-13-6-2-1-3-7-13)10-16(19)15-8-4-5-9-17(15)20-19/h1-9,14,16,20H,10-12H2/t14-,16-,19-/m0/s1. The summed E-state index contributed by atoms with van der Waals surface area (Å²) < 4.78 is 0. The molecule has 1 N–H and O–H groups in total. The number of hydrogen-bond acceptors (Lipinski definition) is 2. The SMILES string of the molecule is O=C1N(Cc2ccccc2)C[C@@H]2C[C@H]3c4ccccc4N[C@@]123. The van der Waals surface area contributed by atoms with E-state index in [1.807, 2.05) is 29.2 Å². The molecule has 3 aliphatic rings. The van der Waals surface area contributed by atoms with Crippen LogP contribution in [0.4, 0.5) is 5.69 Å². The Balaban J connectivity index is 1.46. The largest absolute Gasteiger partial charge is 0.370 e. The Hall–Kier alpha value is -2.29. The second-order valence-corrected chi connectivity index (χ2v) is 6.74. The number of rotatable bonds is 2. The first-order valence-electron chi connectivity index (χ1n) is 7.99. The number of nitrogens with zero attached hydrogens (tertiary/aromatic N) is 1. The van der Waals surface area contributed by atoms with Crippen LogP contribution in [0.1, 0.15) is 23.5 Å². The van der Waals surface area contributed by atoms with E-state index in [4.69, 9.17) is 0 Å². The van der Waals surface area contributed by atoms with Gasteiger partial charge in [0.15, 0.2) is 0 Å². The van der Waals surface area contributed by atoms with Gasteiger partial charge < -0.3 is 10.2 Å².